The lowest BCUT2D eigenvalue weighted by Crippen LogP contribution is -2.42. The van der Waals surface area contributed by atoms with E-state index in [0.29, 0.717) is 19.3 Å². The summed E-state index contributed by atoms with van der Waals surface area (Å²) >= 11 is 0. The van der Waals surface area contributed by atoms with Crippen LogP contribution in [-0.2, 0) is 6.42 Å². The Morgan fingerprint density at radius 2 is 1.79 bits per heavy atom. The number of methoxy groups -OCH3 is 1. The Morgan fingerprint density at radius 3 is 2.59 bits per heavy atom. The summed E-state index contributed by atoms with van der Waals surface area (Å²) in [5.74, 6) is 2.35. The smallest absolute Gasteiger partial charge is 0.203 e. The van der Waals surface area contributed by atoms with Crippen LogP contribution in [0.15, 0.2) is 12.1 Å². The maximum absolute atomic E-state index is 5.83. The van der Waals surface area contributed by atoms with Gasteiger partial charge in [-0.25, -0.2) is 0 Å². The molecule has 5 nitrogen and oxygen atoms in total. The topological polar surface area (TPSA) is 43.0 Å². The molecular weight excluding hydrogens is 364 g/mol. The zero-order chi connectivity index (χ0) is 20.3. The first-order chi connectivity index (χ1) is 14.3. The molecule has 0 saturated carbocycles. The lowest BCUT2D eigenvalue weighted by Gasteiger charge is -2.26. The number of rotatable bonds is 13. The Bertz CT molecular complexity index is 585. The van der Waals surface area contributed by atoms with Crippen molar-refractivity contribution in [3.05, 3.63) is 17.7 Å². The van der Waals surface area contributed by atoms with Crippen molar-refractivity contribution in [1.29, 1.82) is 0 Å². The average molecular weight is 405 g/mol. The SMILES string of the molecule is CCCCCCCCN[C@@H](Cc1cc(OC)c2c(c1)OCCO2)CN1CCCC1. The van der Waals surface area contributed by atoms with Gasteiger partial charge in [-0.05, 0) is 63.0 Å². The Morgan fingerprint density at radius 1 is 1.03 bits per heavy atom. The van der Waals surface area contributed by atoms with Gasteiger partial charge in [-0.2, -0.15) is 0 Å². The van der Waals surface area contributed by atoms with Gasteiger partial charge >= 0.3 is 0 Å². The van der Waals surface area contributed by atoms with Crippen molar-refractivity contribution in [3.63, 3.8) is 0 Å². The number of unbranched alkanes of at least 4 members (excludes halogenated alkanes) is 5. The minimum absolute atomic E-state index is 0.455. The summed E-state index contributed by atoms with van der Waals surface area (Å²) in [5.41, 5.74) is 1.26. The first kappa shape index (κ1) is 22.2. The molecule has 0 aromatic heterocycles. The summed E-state index contributed by atoms with van der Waals surface area (Å²) in [4.78, 5) is 2.61. The van der Waals surface area contributed by atoms with Crippen molar-refractivity contribution in [2.45, 2.75) is 70.8 Å². The van der Waals surface area contributed by atoms with Crippen LogP contribution in [0.3, 0.4) is 0 Å². The molecule has 0 bridgehead atoms. The van der Waals surface area contributed by atoms with E-state index in [9.17, 15) is 0 Å². The first-order valence-electron chi connectivity index (χ1n) is 11.7. The second-order valence-electron chi connectivity index (χ2n) is 8.45. The fourth-order valence-corrected chi connectivity index (χ4v) is 4.42. The molecule has 1 fully saturated rings. The van der Waals surface area contributed by atoms with Gasteiger partial charge in [0.05, 0.1) is 7.11 Å². The number of likely N-dealkylation sites (tertiary alicyclic amines) is 1. The van der Waals surface area contributed by atoms with Crippen molar-refractivity contribution in [3.8, 4) is 17.2 Å². The summed E-state index contributed by atoms with van der Waals surface area (Å²) in [6, 6.07) is 4.72. The van der Waals surface area contributed by atoms with Gasteiger partial charge in [0.15, 0.2) is 11.5 Å². The average Bonchev–Trinajstić information content (AvgIpc) is 3.25. The Hall–Kier alpha value is -1.46. The largest absolute Gasteiger partial charge is 0.493 e. The summed E-state index contributed by atoms with van der Waals surface area (Å²) in [5, 5.41) is 3.85. The van der Waals surface area contributed by atoms with Gasteiger partial charge in [0.1, 0.15) is 13.2 Å². The number of nitrogens with zero attached hydrogens (tertiary/aromatic N) is 1. The van der Waals surface area contributed by atoms with Crippen molar-refractivity contribution in [2.75, 3.05) is 46.5 Å². The molecule has 0 radical (unpaired) electrons. The van der Waals surface area contributed by atoms with Crippen LogP contribution in [-0.4, -0.2) is 57.4 Å². The van der Waals surface area contributed by atoms with E-state index in [1.165, 1.54) is 70.0 Å². The van der Waals surface area contributed by atoms with Gasteiger partial charge in [0.2, 0.25) is 5.75 Å². The highest BCUT2D eigenvalue weighted by Crippen LogP contribution is 2.40. The maximum Gasteiger partial charge on any atom is 0.203 e. The Balaban J connectivity index is 1.57. The lowest BCUT2D eigenvalue weighted by molar-refractivity contribution is 0.165. The van der Waals surface area contributed by atoms with Crippen LogP contribution in [0.1, 0.15) is 63.9 Å². The number of fused-ring (bicyclic) bond motifs is 1. The van der Waals surface area contributed by atoms with Crippen LogP contribution in [0.5, 0.6) is 17.2 Å². The zero-order valence-corrected chi connectivity index (χ0v) is 18.5. The molecule has 1 N–H and O–H groups in total. The third kappa shape index (κ3) is 7.07. The standard InChI is InChI=1S/C24H40N2O3/c1-3-4-5-6-7-8-11-25-21(19-26-12-9-10-13-26)16-20-17-22(27-2)24-23(18-20)28-14-15-29-24/h17-18,21,25H,3-16,19H2,1-2H3/t21-/m0/s1. The van der Waals surface area contributed by atoms with E-state index < -0.39 is 0 Å². The summed E-state index contributed by atoms with van der Waals surface area (Å²) in [6.45, 7) is 8.16. The summed E-state index contributed by atoms with van der Waals surface area (Å²) in [6.07, 6.45) is 11.7. The van der Waals surface area contributed by atoms with Crippen LogP contribution >= 0.6 is 0 Å². The van der Waals surface area contributed by atoms with Gasteiger partial charge in [-0.1, -0.05) is 39.0 Å². The van der Waals surface area contributed by atoms with Crippen molar-refractivity contribution >= 4 is 0 Å². The number of ether oxygens (including phenoxy) is 3. The monoisotopic (exact) mass is 404 g/mol. The molecule has 2 aliphatic heterocycles. The van der Waals surface area contributed by atoms with Gasteiger partial charge in [0, 0.05) is 12.6 Å². The third-order valence-electron chi connectivity index (χ3n) is 6.01. The lowest BCUT2D eigenvalue weighted by atomic mass is 10.0. The predicted molar refractivity (Wildman–Crippen MR) is 119 cm³/mol. The molecule has 0 unspecified atom stereocenters. The molecule has 1 atom stereocenters. The molecule has 5 heteroatoms. The van der Waals surface area contributed by atoms with Crippen molar-refractivity contribution in [1.82, 2.24) is 10.2 Å². The molecule has 1 saturated heterocycles. The van der Waals surface area contributed by atoms with E-state index >= 15 is 0 Å². The highest BCUT2D eigenvalue weighted by molar-refractivity contribution is 5.54. The van der Waals surface area contributed by atoms with E-state index in [4.69, 9.17) is 14.2 Å². The second kappa shape index (κ2) is 12.3. The van der Waals surface area contributed by atoms with Gasteiger partial charge in [-0.3, -0.25) is 0 Å². The highest BCUT2D eigenvalue weighted by Gasteiger charge is 2.22. The van der Waals surface area contributed by atoms with E-state index in [-0.39, 0.29) is 0 Å². The Labute approximate surface area is 177 Å². The predicted octanol–water partition coefficient (Wildman–Crippen LogP) is 4.42. The van der Waals surface area contributed by atoms with Crippen LogP contribution in [0.2, 0.25) is 0 Å². The number of hydrogen-bond acceptors (Lipinski definition) is 5. The van der Waals surface area contributed by atoms with Crippen molar-refractivity contribution in [2.24, 2.45) is 0 Å². The number of hydrogen-bond donors (Lipinski definition) is 1. The van der Waals surface area contributed by atoms with E-state index in [1.807, 2.05) is 0 Å². The highest BCUT2D eigenvalue weighted by atomic mass is 16.6. The molecule has 164 valence electrons. The third-order valence-corrected chi connectivity index (χ3v) is 6.01. The van der Waals surface area contributed by atoms with Crippen LogP contribution in [0.25, 0.3) is 0 Å². The van der Waals surface area contributed by atoms with E-state index in [1.54, 1.807) is 7.11 Å². The molecule has 1 aromatic rings. The maximum atomic E-state index is 5.83. The minimum Gasteiger partial charge on any atom is -0.493 e. The number of nitrogens with one attached hydrogen (secondary N) is 1. The van der Waals surface area contributed by atoms with Gasteiger partial charge < -0.3 is 24.4 Å². The number of benzene rings is 1. The first-order valence-corrected chi connectivity index (χ1v) is 11.7. The van der Waals surface area contributed by atoms with Gasteiger partial charge in [0.25, 0.3) is 0 Å². The van der Waals surface area contributed by atoms with Crippen LogP contribution < -0.4 is 19.5 Å². The molecule has 0 spiro atoms. The van der Waals surface area contributed by atoms with Crippen molar-refractivity contribution < 1.29 is 14.2 Å². The van der Waals surface area contributed by atoms with Crippen LogP contribution in [0.4, 0.5) is 0 Å². The van der Waals surface area contributed by atoms with Crippen LogP contribution in [0, 0.1) is 0 Å². The quantitative estimate of drug-likeness (QED) is 0.493. The molecule has 3 rings (SSSR count). The van der Waals surface area contributed by atoms with Gasteiger partial charge in [-0.15, -0.1) is 0 Å². The van der Waals surface area contributed by atoms with E-state index in [0.717, 1.165) is 36.8 Å². The molecule has 1 aromatic carbocycles. The summed E-state index contributed by atoms with van der Waals surface area (Å²) < 4.78 is 17.2. The molecule has 2 aliphatic rings. The fraction of sp³-hybridized carbons (Fsp3) is 0.750. The fourth-order valence-electron chi connectivity index (χ4n) is 4.42. The second-order valence-corrected chi connectivity index (χ2v) is 8.45. The minimum atomic E-state index is 0.455. The molecule has 0 aliphatic carbocycles. The molecule has 2 heterocycles. The normalized spacial score (nSPS) is 17.4. The molecule has 0 amide bonds. The van der Waals surface area contributed by atoms with E-state index in [2.05, 4.69) is 29.3 Å². The zero-order valence-electron chi connectivity index (χ0n) is 18.5. The molecule has 29 heavy (non-hydrogen) atoms. The Kier molecular flexibility index (Phi) is 9.42. The summed E-state index contributed by atoms with van der Waals surface area (Å²) in [7, 11) is 1.70. The molecular formula is C24H40N2O3.